The number of carbonyl (C=O) groups is 2. The minimum absolute atomic E-state index is 0.195. The van der Waals surface area contributed by atoms with E-state index in [2.05, 4.69) is 16.1 Å². The van der Waals surface area contributed by atoms with Crippen molar-refractivity contribution in [2.24, 2.45) is 0 Å². The molecule has 0 aliphatic heterocycles. The van der Waals surface area contributed by atoms with Crippen LogP contribution < -0.4 is 5.32 Å². The lowest BCUT2D eigenvalue weighted by atomic mass is 10.1. The van der Waals surface area contributed by atoms with Crippen LogP contribution in [-0.2, 0) is 12.6 Å². The number of nitrogens with zero attached hydrogens (tertiary/aromatic N) is 1. The molecule has 0 saturated heterocycles. The van der Waals surface area contributed by atoms with E-state index in [1.54, 1.807) is 6.07 Å². The number of carbonyl (C=O) groups excluding carboxylic acids is 2. The summed E-state index contributed by atoms with van der Waals surface area (Å²) < 4.78 is 40.1. The summed E-state index contributed by atoms with van der Waals surface area (Å²) >= 11 is 0. The van der Waals surface area contributed by atoms with E-state index in [4.69, 9.17) is 0 Å². The average molecular weight is 464 g/mol. The van der Waals surface area contributed by atoms with E-state index in [1.165, 1.54) is 12.1 Å². The molecule has 0 aliphatic carbocycles. The standard InChI is InChI=1S/C27H23F3N2O2/c28-27(29,30)22-12-10-20(11-13-22)26(34)31-15-5-4-6-21-17-32(23-7-2-1-3-8-23)25-14-9-19(18-33)16-24(21)25/h1-3,7-14,16-18H,4-6,15H2,(H,31,34). The molecule has 0 bridgehead atoms. The van der Waals surface area contributed by atoms with Gasteiger partial charge in [-0.3, -0.25) is 9.59 Å². The molecule has 7 heteroatoms. The van der Waals surface area contributed by atoms with Gasteiger partial charge in [0.05, 0.1) is 11.1 Å². The molecule has 174 valence electrons. The molecule has 0 spiro atoms. The van der Waals surface area contributed by atoms with Crippen LogP contribution in [-0.4, -0.2) is 23.3 Å². The quantitative estimate of drug-likeness (QED) is 0.249. The topological polar surface area (TPSA) is 51.1 Å². The van der Waals surface area contributed by atoms with Gasteiger partial charge in [0, 0.05) is 34.9 Å². The summed E-state index contributed by atoms with van der Waals surface area (Å²) in [6.07, 6.45) is 0.749. The second-order valence-corrected chi connectivity index (χ2v) is 8.04. The zero-order valence-electron chi connectivity index (χ0n) is 18.3. The van der Waals surface area contributed by atoms with E-state index >= 15 is 0 Å². The molecule has 0 atom stereocenters. The normalized spacial score (nSPS) is 11.5. The van der Waals surface area contributed by atoms with E-state index < -0.39 is 17.6 Å². The van der Waals surface area contributed by atoms with Gasteiger partial charge in [0.25, 0.3) is 5.91 Å². The Kier molecular flexibility index (Phi) is 6.82. The van der Waals surface area contributed by atoms with Crippen LogP contribution in [0.3, 0.4) is 0 Å². The molecule has 0 radical (unpaired) electrons. The highest BCUT2D eigenvalue weighted by molar-refractivity contribution is 5.94. The number of fused-ring (bicyclic) bond motifs is 1. The highest BCUT2D eigenvalue weighted by Gasteiger charge is 2.30. The Balaban J connectivity index is 1.38. The SMILES string of the molecule is O=Cc1ccc2c(c1)c(CCCCNC(=O)c1ccc(C(F)(F)F)cc1)cn2-c1ccccc1. The van der Waals surface area contributed by atoms with Crippen LogP contribution in [0.15, 0.2) is 79.0 Å². The fraction of sp³-hybridized carbons (Fsp3) is 0.185. The van der Waals surface area contributed by atoms with Crippen LogP contribution in [0.2, 0.25) is 0 Å². The molecule has 1 amide bonds. The molecular weight excluding hydrogens is 441 g/mol. The third-order valence-corrected chi connectivity index (χ3v) is 5.71. The molecule has 0 unspecified atom stereocenters. The minimum Gasteiger partial charge on any atom is -0.352 e. The van der Waals surface area contributed by atoms with Crippen molar-refractivity contribution < 1.29 is 22.8 Å². The van der Waals surface area contributed by atoms with Crippen molar-refractivity contribution >= 4 is 23.1 Å². The van der Waals surface area contributed by atoms with Crippen molar-refractivity contribution in [2.45, 2.75) is 25.4 Å². The fourth-order valence-corrected chi connectivity index (χ4v) is 3.95. The maximum Gasteiger partial charge on any atom is 0.416 e. The first-order valence-corrected chi connectivity index (χ1v) is 11.0. The number of hydrogen-bond acceptors (Lipinski definition) is 2. The van der Waals surface area contributed by atoms with Crippen LogP contribution in [0.25, 0.3) is 16.6 Å². The first kappa shape index (κ1) is 23.3. The molecule has 0 saturated carbocycles. The number of aromatic nitrogens is 1. The molecule has 3 aromatic carbocycles. The molecule has 1 N–H and O–H groups in total. The van der Waals surface area contributed by atoms with Gasteiger partial charge in [-0.1, -0.05) is 18.2 Å². The average Bonchev–Trinajstić information content (AvgIpc) is 3.21. The Labute approximate surface area is 195 Å². The van der Waals surface area contributed by atoms with Gasteiger partial charge >= 0.3 is 6.18 Å². The van der Waals surface area contributed by atoms with Crippen LogP contribution >= 0.6 is 0 Å². The summed E-state index contributed by atoms with van der Waals surface area (Å²) in [6, 6.07) is 19.8. The van der Waals surface area contributed by atoms with Crippen molar-refractivity contribution in [2.75, 3.05) is 6.54 Å². The van der Waals surface area contributed by atoms with E-state index in [0.29, 0.717) is 18.5 Å². The number of hydrogen-bond donors (Lipinski definition) is 1. The lowest BCUT2D eigenvalue weighted by Gasteiger charge is -2.08. The van der Waals surface area contributed by atoms with Gasteiger partial charge in [-0.05, 0) is 79.4 Å². The van der Waals surface area contributed by atoms with Gasteiger partial charge in [0.2, 0.25) is 0 Å². The van der Waals surface area contributed by atoms with Crippen molar-refractivity contribution in [3.63, 3.8) is 0 Å². The van der Waals surface area contributed by atoms with Gasteiger partial charge in [0.15, 0.2) is 0 Å². The fourth-order valence-electron chi connectivity index (χ4n) is 3.95. The van der Waals surface area contributed by atoms with E-state index in [9.17, 15) is 22.8 Å². The number of para-hydroxylation sites is 1. The first-order chi connectivity index (χ1) is 16.4. The predicted molar refractivity (Wildman–Crippen MR) is 125 cm³/mol. The molecule has 1 heterocycles. The van der Waals surface area contributed by atoms with Crippen molar-refractivity contribution in [3.05, 3.63) is 101 Å². The predicted octanol–water partition coefficient (Wildman–Crippen LogP) is 6.21. The van der Waals surface area contributed by atoms with E-state index in [-0.39, 0.29) is 5.56 Å². The van der Waals surface area contributed by atoms with Crippen LogP contribution in [0.1, 0.15) is 44.7 Å². The minimum atomic E-state index is -4.43. The van der Waals surface area contributed by atoms with Crippen LogP contribution in [0.5, 0.6) is 0 Å². The van der Waals surface area contributed by atoms with Gasteiger partial charge < -0.3 is 9.88 Å². The second kappa shape index (κ2) is 9.95. The van der Waals surface area contributed by atoms with Crippen molar-refractivity contribution in [3.8, 4) is 5.69 Å². The zero-order valence-corrected chi connectivity index (χ0v) is 18.3. The number of rotatable bonds is 8. The Bertz CT molecular complexity index is 1290. The molecule has 0 aliphatic rings. The lowest BCUT2D eigenvalue weighted by Crippen LogP contribution is -2.24. The molecule has 4 rings (SSSR count). The van der Waals surface area contributed by atoms with E-state index in [0.717, 1.165) is 53.4 Å². The number of aryl methyl sites for hydroxylation is 1. The van der Waals surface area contributed by atoms with Crippen molar-refractivity contribution in [1.29, 1.82) is 0 Å². The number of aldehydes is 1. The summed E-state index contributed by atoms with van der Waals surface area (Å²) in [6.45, 7) is 0.413. The van der Waals surface area contributed by atoms with Gasteiger partial charge in [-0.25, -0.2) is 0 Å². The maximum absolute atomic E-state index is 12.7. The van der Waals surface area contributed by atoms with Gasteiger partial charge in [0.1, 0.15) is 6.29 Å². The van der Waals surface area contributed by atoms with Gasteiger partial charge in [-0.15, -0.1) is 0 Å². The first-order valence-electron chi connectivity index (χ1n) is 11.0. The number of benzene rings is 3. The lowest BCUT2D eigenvalue weighted by molar-refractivity contribution is -0.137. The molecule has 34 heavy (non-hydrogen) atoms. The smallest absolute Gasteiger partial charge is 0.352 e. The summed E-state index contributed by atoms with van der Waals surface area (Å²) in [7, 11) is 0. The number of alkyl halides is 3. The molecule has 0 fully saturated rings. The largest absolute Gasteiger partial charge is 0.416 e. The Hall–Kier alpha value is -3.87. The van der Waals surface area contributed by atoms with Crippen LogP contribution in [0, 0.1) is 0 Å². The number of amides is 1. The monoisotopic (exact) mass is 464 g/mol. The summed E-state index contributed by atoms with van der Waals surface area (Å²) in [5.41, 5.74) is 3.18. The number of nitrogens with one attached hydrogen (secondary N) is 1. The maximum atomic E-state index is 12.7. The third kappa shape index (κ3) is 5.20. The molecular formula is C27H23F3N2O2. The van der Waals surface area contributed by atoms with Crippen molar-refractivity contribution in [1.82, 2.24) is 9.88 Å². The summed E-state index contributed by atoms with van der Waals surface area (Å²) in [4.78, 5) is 23.5. The highest BCUT2D eigenvalue weighted by atomic mass is 19.4. The molecule has 4 nitrogen and oxygen atoms in total. The summed E-state index contributed by atoms with van der Waals surface area (Å²) in [5.74, 6) is -0.398. The van der Waals surface area contributed by atoms with E-state index in [1.807, 2.05) is 42.5 Å². The van der Waals surface area contributed by atoms with Gasteiger partial charge in [-0.2, -0.15) is 13.2 Å². The molecule has 4 aromatic rings. The highest BCUT2D eigenvalue weighted by Crippen LogP contribution is 2.29. The zero-order chi connectivity index (χ0) is 24.1. The number of unbranched alkanes of at least 4 members (excludes halogenated alkanes) is 1. The molecule has 1 aromatic heterocycles. The Morgan fingerprint density at radius 2 is 1.68 bits per heavy atom. The Morgan fingerprint density at radius 1 is 0.941 bits per heavy atom. The summed E-state index contributed by atoms with van der Waals surface area (Å²) in [5, 5.41) is 3.77. The third-order valence-electron chi connectivity index (χ3n) is 5.71. The van der Waals surface area contributed by atoms with Crippen LogP contribution in [0.4, 0.5) is 13.2 Å². The number of halogens is 3. The Morgan fingerprint density at radius 3 is 2.35 bits per heavy atom. The second-order valence-electron chi connectivity index (χ2n) is 8.04.